The zero-order valence-electron chi connectivity index (χ0n) is 8.53. The monoisotopic (exact) mass is 206 g/mol. The van der Waals surface area contributed by atoms with Gasteiger partial charge in [0.1, 0.15) is 18.2 Å². The predicted octanol–water partition coefficient (Wildman–Crippen LogP) is 1.30. The smallest absolute Gasteiger partial charge is 0.143 e. The molecule has 15 heavy (non-hydrogen) atoms. The van der Waals surface area contributed by atoms with Gasteiger partial charge in [0, 0.05) is 20.2 Å². The second-order valence-corrected chi connectivity index (χ2v) is 2.74. The maximum absolute atomic E-state index is 13.3. The zero-order chi connectivity index (χ0) is 11.3. The average Bonchev–Trinajstić information content (AvgIpc) is 2.25. The molecule has 0 amide bonds. The van der Waals surface area contributed by atoms with Gasteiger partial charge in [0.05, 0.1) is 11.3 Å². The Morgan fingerprint density at radius 3 is 2.80 bits per heavy atom. The van der Waals surface area contributed by atoms with Crippen LogP contribution in [0.3, 0.4) is 0 Å². The molecule has 1 aromatic carbocycles. The van der Waals surface area contributed by atoms with E-state index in [-0.39, 0.29) is 5.56 Å². The van der Waals surface area contributed by atoms with Crippen LogP contribution in [0.25, 0.3) is 0 Å². The third-order valence-corrected chi connectivity index (χ3v) is 1.82. The van der Waals surface area contributed by atoms with E-state index >= 15 is 0 Å². The van der Waals surface area contributed by atoms with Crippen LogP contribution in [-0.2, 0) is 0 Å². The lowest BCUT2D eigenvalue weighted by atomic mass is 10.2. The summed E-state index contributed by atoms with van der Waals surface area (Å²) in [6, 6.07) is 6.11. The van der Waals surface area contributed by atoms with Crippen molar-refractivity contribution >= 4 is 12.0 Å². The molecule has 0 aromatic heterocycles. The minimum absolute atomic E-state index is 0.0308. The third kappa shape index (κ3) is 2.51. The van der Waals surface area contributed by atoms with Crippen molar-refractivity contribution < 1.29 is 4.39 Å². The zero-order valence-corrected chi connectivity index (χ0v) is 8.53. The Labute approximate surface area is 87.6 Å². The predicted molar refractivity (Wildman–Crippen MR) is 57.1 cm³/mol. The van der Waals surface area contributed by atoms with Crippen molar-refractivity contribution in [1.82, 2.24) is 5.43 Å². The van der Waals surface area contributed by atoms with Crippen molar-refractivity contribution in [1.29, 1.82) is 5.26 Å². The minimum atomic E-state index is -0.542. The number of nitrogens with zero attached hydrogens (tertiary/aromatic N) is 3. The molecule has 78 valence electrons. The summed E-state index contributed by atoms with van der Waals surface area (Å²) in [7, 11) is 3.31. The van der Waals surface area contributed by atoms with E-state index < -0.39 is 5.82 Å². The molecular weight excluding hydrogens is 195 g/mol. The number of nitriles is 1. The van der Waals surface area contributed by atoms with Gasteiger partial charge < -0.3 is 0 Å². The van der Waals surface area contributed by atoms with Gasteiger partial charge in [-0.3, -0.25) is 10.0 Å². The molecule has 0 atom stereocenters. The highest BCUT2D eigenvalue weighted by Gasteiger charge is 2.06. The molecular formula is C10H11FN4. The molecule has 0 fully saturated rings. The van der Waals surface area contributed by atoms with E-state index in [1.165, 1.54) is 18.5 Å². The first-order valence-corrected chi connectivity index (χ1v) is 4.31. The number of hydrazine groups is 1. The maximum Gasteiger partial charge on any atom is 0.143 e. The number of anilines is 1. The molecule has 0 unspecified atom stereocenters. The van der Waals surface area contributed by atoms with Crippen LogP contribution < -0.4 is 10.4 Å². The number of halogens is 1. The van der Waals surface area contributed by atoms with Crippen molar-refractivity contribution in [3.63, 3.8) is 0 Å². The summed E-state index contributed by atoms with van der Waals surface area (Å²) in [6.07, 6.45) is 1.51. The van der Waals surface area contributed by atoms with Crippen LogP contribution in [0, 0.1) is 17.1 Å². The van der Waals surface area contributed by atoms with E-state index in [1.54, 1.807) is 31.2 Å². The molecule has 1 N–H and O–H groups in total. The molecule has 0 aliphatic carbocycles. The molecule has 0 heterocycles. The Morgan fingerprint density at radius 1 is 1.60 bits per heavy atom. The molecule has 0 aliphatic heterocycles. The number of hydrogen-bond acceptors (Lipinski definition) is 3. The van der Waals surface area contributed by atoms with Gasteiger partial charge in [-0.25, -0.2) is 9.82 Å². The van der Waals surface area contributed by atoms with Crippen LogP contribution in [0.15, 0.2) is 23.2 Å². The number of nitrogens with one attached hydrogen (secondary N) is 1. The summed E-state index contributed by atoms with van der Waals surface area (Å²) in [5.74, 6) is -0.542. The normalized spacial score (nSPS) is 10.3. The Balaban J connectivity index is 3.06. The lowest BCUT2D eigenvalue weighted by molar-refractivity contribution is 0.623. The molecule has 0 bridgehead atoms. The molecule has 0 spiro atoms. The summed E-state index contributed by atoms with van der Waals surface area (Å²) >= 11 is 0. The first kappa shape index (κ1) is 11.1. The molecule has 5 heteroatoms. The quantitative estimate of drug-likeness (QED) is 0.460. The lowest BCUT2D eigenvalue weighted by Gasteiger charge is -2.17. The van der Waals surface area contributed by atoms with Gasteiger partial charge in [-0.05, 0) is 12.1 Å². The van der Waals surface area contributed by atoms with Crippen LogP contribution in [-0.4, -0.2) is 20.4 Å². The van der Waals surface area contributed by atoms with Crippen LogP contribution in [0.1, 0.15) is 5.56 Å². The summed E-state index contributed by atoms with van der Waals surface area (Å²) in [6.45, 7) is 0. The van der Waals surface area contributed by atoms with Crippen molar-refractivity contribution in [3.05, 3.63) is 29.6 Å². The molecule has 4 nitrogen and oxygen atoms in total. The molecule has 1 aromatic rings. The fourth-order valence-electron chi connectivity index (χ4n) is 1.11. The SMILES string of the molecule is CN=CN(NC)c1ccc(C#N)c(F)c1. The van der Waals surface area contributed by atoms with Crippen molar-refractivity contribution in [3.8, 4) is 6.07 Å². The standard InChI is InChI=1S/C10H11FN4/c1-13-7-15(14-2)9-4-3-8(6-12)10(11)5-9/h3-5,7,14H,1-2H3. The van der Waals surface area contributed by atoms with E-state index in [2.05, 4.69) is 10.4 Å². The Kier molecular flexibility index (Phi) is 3.77. The van der Waals surface area contributed by atoms with Crippen LogP contribution in [0.4, 0.5) is 10.1 Å². The van der Waals surface area contributed by atoms with E-state index in [0.717, 1.165) is 0 Å². The number of rotatable bonds is 3. The topological polar surface area (TPSA) is 51.4 Å². The summed E-state index contributed by atoms with van der Waals surface area (Å²) in [5, 5.41) is 10.1. The highest BCUT2D eigenvalue weighted by Crippen LogP contribution is 2.15. The van der Waals surface area contributed by atoms with Crippen molar-refractivity contribution in [2.45, 2.75) is 0 Å². The molecule has 0 saturated heterocycles. The van der Waals surface area contributed by atoms with E-state index in [1.807, 2.05) is 0 Å². The van der Waals surface area contributed by atoms with Gasteiger partial charge in [-0.15, -0.1) is 0 Å². The third-order valence-electron chi connectivity index (χ3n) is 1.82. The van der Waals surface area contributed by atoms with E-state index in [0.29, 0.717) is 5.69 Å². The van der Waals surface area contributed by atoms with Gasteiger partial charge in [-0.2, -0.15) is 5.26 Å². The fourth-order valence-corrected chi connectivity index (χ4v) is 1.11. The maximum atomic E-state index is 13.3. The Morgan fingerprint density at radius 2 is 2.33 bits per heavy atom. The van der Waals surface area contributed by atoms with Crippen LogP contribution >= 0.6 is 0 Å². The summed E-state index contributed by atoms with van der Waals surface area (Å²) < 4.78 is 13.3. The van der Waals surface area contributed by atoms with Crippen LogP contribution in [0.2, 0.25) is 0 Å². The Bertz CT molecular complexity index is 408. The number of benzene rings is 1. The number of aliphatic imine (C=N–C) groups is 1. The molecule has 0 saturated carbocycles. The minimum Gasteiger partial charge on any atom is -0.277 e. The highest BCUT2D eigenvalue weighted by molar-refractivity contribution is 5.77. The molecule has 0 aliphatic rings. The van der Waals surface area contributed by atoms with E-state index in [9.17, 15) is 4.39 Å². The van der Waals surface area contributed by atoms with Gasteiger partial charge in [0.15, 0.2) is 0 Å². The molecule has 0 radical (unpaired) electrons. The number of hydrogen-bond donors (Lipinski definition) is 1. The van der Waals surface area contributed by atoms with Gasteiger partial charge in [-0.1, -0.05) is 0 Å². The lowest BCUT2D eigenvalue weighted by Crippen LogP contribution is -2.33. The highest BCUT2D eigenvalue weighted by atomic mass is 19.1. The first-order chi connectivity index (χ1) is 7.22. The molecule has 1 rings (SSSR count). The fraction of sp³-hybridized carbons (Fsp3) is 0.200. The largest absolute Gasteiger partial charge is 0.277 e. The van der Waals surface area contributed by atoms with Gasteiger partial charge >= 0.3 is 0 Å². The summed E-state index contributed by atoms with van der Waals surface area (Å²) in [4.78, 5) is 3.81. The van der Waals surface area contributed by atoms with Crippen LogP contribution in [0.5, 0.6) is 0 Å². The average molecular weight is 206 g/mol. The van der Waals surface area contributed by atoms with E-state index in [4.69, 9.17) is 5.26 Å². The van der Waals surface area contributed by atoms with Crippen molar-refractivity contribution in [2.75, 3.05) is 19.1 Å². The summed E-state index contributed by atoms with van der Waals surface area (Å²) in [5.41, 5.74) is 3.43. The Hall–Kier alpha value is -1.93. The first-order valence-electron chi connectivity index (χ1n) is 4.31. The second kappa shape index (κ2) is 5.08. The second-order valence-electron chi connectivity index (χ2n) is 2.74. The van der Waals surface area contributed by atoms with Gasteiger partial charge in [0.25, 0.3) is 0 Å². The van der Waals surface area contributed by atoms with Crippen molar-refractivity contribution in [2.24, 2.45) is 4.99 Å². The van der Waals surface area contributed by atoms with Gasteiger partial charge in [0.2, 0.25) is 0 Å².